The van der Waals surface area contributed by atoms with Crippen LogP contribution in [-0.2, 0) is 0 Å². The van der Waals surface area contributed by atoms with Crippen molar-refractivity contribution >= 4 is 21.6 Å². The van der Waals surface area contributed by atoms with Gasteiger partial charge in [-0.25, -0.2) is 4.79 Å². The van der Waals surface area contributed by atoms with E-state index in [2.05, 4.69) is 5.32 Å². The standard InChI is InChI=1S/C10H11NO4S/c1-11-4-7(13)5-2-8-9(3-6(5)12)16-10(14)15-8/h2-3,7,11-13H,4H2,1H3. The summed E-state index contributed by atoms with van der Waals surface area (Å²) in [5.74, 6) is -0.0349. The fourth-order valence-corrected chi connectivity index (χ4v) is 2.18. The average molecular weight is 241 g/mol. The Morgan fingerprint density at radius 2 is 2.31 bits per heavy atom. The fraction of sp³-hybridized carbons (Fsp3) is 0.300. The average Bonchev–Trinajstić information content (AvgIpc) is 2.56. The summed E-state index contributed by atoms with van der Waals surface area (Å²) >= 11 is 0.921. The Morgan fingerprint density at radius 1 is 1.56 bits per heavy atom. The summed E-state index contributed by atoms with van der Waals surface area (Å²) in [5, 5.41) is 22.2. The van der Waals surface area contributed by atoms with E-state index in [9.17, 15) is 15.0 Å². The molecule has 1 aromatic carbocycles. The summed E-state index contributed by atoms with van der Waals surface area (Å²) in [4.78, 5) is 10.6. The highest BCUT2D eigenvalue weighted by atomic mass is 32.1. The van der Waals surface area contributed by atoms with Crippen LogP contribution in [0.3, 0.4) is 0 Å². The number of aliphatic hydroxyl groups is 1. The van der Waals surface area contributed by atoms with Gasteiger partial charge in [-0.3, -0.25) is 0 Å². The quantitative estimate of drug-likeness (QED) is 0.740. The van der Waals surface area contributed by atoms with Crippen molar-refractivity contribution in [1.29, 1.82) is 0 Å². The van der Waals surface area contributed by atoms with Crippen molar-refractivity contribution in [2.24, 2.45) is 0 Å². The molecule has 0 fully saturated rings. The van der Waals surface area contributed by atoms with Crippen LogP contribution in [0.25, 0.3) is 10.3 Å². The van der Waals surface area contributed by atoms with Crippen LogP contribution in [-0.4, -0.2) is 23.8 Å². The summed E-state index contributed by atoms with van der Waals surface area (Å²) in [6.07, 6.45) is -0.834. The van der Waals surface area contributed by atoms with Crippen LogP contribution in [0.1, 0.15) is 11.7 Å². The Labute approximate surface area is 95.0 Å². The van der Waals surface area contributed by atoms with E-state index >= 15 is 0 Å². The second kappa shape index (κ2) is 4.25. The molecular weight excluding hydrogens is 230 g/mol. The second-order valence-corrected chi connectivity index (χ2v) is 4.36. The van der Waals surface area contributed by atoms with E-state index in [1.807, 2.05) is 0 Å². The van der Waals surface area contributed by atoms with Gasteiger partial charge in [-0.1, -0.05) is 11.3 Å². The van der Waals surface area contributed by atoms with Gasteiger partial charge >= 0.3 is 4.94 Å². The smallest absolute Gasteiger partial charge is 0.396 e. The lowest BCUT2D eigenvalue weighted by Gasteiger charge is -2.11. The molecule has 0 aliphatic rings. The summed E-state index contributed by atoms with van der Waals surface area (Å²) in [6, 6.07) is 2.92. The van der Waals surface area contributed by atoms with Gasteiger partial charge in [0.2, 0.25) is 0 Å². The molecule has 0 bridgehead atoms. The van der Waals surface area contributed by atoms with Gasteiger partial charge in [0.25, 0.3) is 0 Å². The summed E-state index contributed by atoms with van der Waals surface area (Å²) < 4.78 is 5.48. The normalized spacial score (nSPS) is 13.1. The van der Waals surface area contributed by atoms with E-state index in [0.29, 0.717) is 22.4 Å². The van der Waals surface area contributed by atoms with Crippen molar-refractivity contribution in [2.75, 3.05) is 13.6 Å². The van der Waals surface area contributed by atoms with Gasteiger partial charge in [-0.15, -0.1) is 0 Å². The van der Waals surface area contributed by atoms with Crippen molar-refractivity contribution in [3.63, 3.8) is 0 Å². The van der Waals surface area contributed by atoms with E-state index in [0.717, 1.165) is 11.3 Å². The number of benzene rings is 1. The first kappa shape index (κ1) is 11.1. The van der Waals surface area contributed by atoms with Crippen LogP contribution in [0.15, 0.2) is 21.3 Å². The molecular formula is C10H11NO4S. The Hall–Kier alpha value is -1.37. The third-order valence-corrected chi connectivity index (χ3v) is 3.03. The van der Waals surface area contributed by atoms with Gasteiger partial charge in [0.05, 0.1) is 10.8 Å². The van der Waals surface area contributed by atoms with E-state index in [-0.39, 0.29) is 5.75 Å². The summed E-state index contributed by atoms with van der Waals surface area (Å²) in [5.41, 5.74) is 0.737. The Morgan fingerprint density at radius 3 is 3.00 bits per heavy atom. The molecule has 0 radical (unpaired) electrons. The molecule has 0 aliphatic carbocycles. The molecule has 1 unspecified atom stereocenters. The third kappa shape index (κ3) is 1.95. The first-order valence-electron chi connectivity index (χ1n) is 4.71. The highest BCUT2D eigenvalue weighted by Gasteiger charge is 2.14. The molecule has 1 atom stereocenters. The molecule has 86 valence electrons. The number of likely N-dealkylation sites (N-methyl/N-ethyl adjacent to an activating group) is 1. The molecule has 1 aromatic heterocycles. The van der Waals surface area contributed by atoms with E-state index < -0.39 is 11.0 Å². The zero-order valence-electron chi connectivity index (χ0n) is 8.56. The van der Waals surface area contributed by atoms with Crippen LogP contribution in [0.4, 0.5) is 0 Å². The Kier molecular flexibility index (Phi) is 2.95. The lowest BCUT2D eigenvalue weighted by Crippen LogP contribution is -2.16. The predicted octanol–water partition coefficient (Wildman–Crippen LogP) is 0.813. The van der Waals surface area contributed by atoms with Crippen LogP contribution < -0.4 is 10.3 Å². The predicted molar refractivity (Wildman–Crippen MR) is 60.9 cm³/mol. The van der Waals surface area contributed by atoms with Crippen LogP contribution in [0.2, 0.25) is 0 Å². The number of aliphatic hydroxyl groups excluding tert-OH is 1. The molecule has 2 aromatic rings. The zero-order chi connectivity index (χ0) is 11.7. The van der Waals surface area contributed by atoms with Gasteiger partial charge in [-0.05, 0) is 13.1 Å². The van der Waals surface area contributed by atoms with Crippen molar-refractivity contribution in [3.05, 3.63) is 27.4 Å². The third-order valence-electron chi connectivity index (χ3n) is 2.24. The van der Waals surface area contributed by atoms with Gasteiger partial charge in [0, 0.05) is 18.2 Å². The maximum Gasteiger partial charge on any atom is 0.396 e. The molecule has 0 saturated carbocycles. The van der Waals surface area contributed by atoms with Gasteiger partial charge in [0.15, 0.2) is 0 Å². The highest BCUT2D eigenvalue weighted by molar-refractivity contribution is 7.16. The first-order chi connectivity index (χ1) is 7.61. The number of nitrogens with one attached hydrogen (secondary N) is 1. The molecule has 5 nitrogen and oxygen atoms in total. The minimum Gasteiger partial charge on any atom is -0.508 e. The monoisotopic (exact) mass is 241 g/mol. The molecule has 2 rings (SSSR count). The van der Waals surface area contributed by atoms with E-state index in [1.54, 1.807) is 7.05 Å². The minimum absolute atomic E-state index is 0.0349. The number of hydrogen-bond acceptors (Lipinski definition) is 6. The van der Waals surface area contributed by atoms with E-state index in [4.69, 9.17) is 4.42 Å². The molecule has 16 heavy (non-hydrogen) atoms. The minimum atomic E-state index is -0.834. The van der Waals surface area contributed by atoms with Crippen LogP contribution >= 0.6 is 11.3 Å². The van der Waals surface area contributed by atoms with Crippen LogP contribution in [0, 0.1) is 0 Å². The molecule has 1 heterocycles. The van der Waals surface area contributed by atoms with Gasteiger partial charge in [-0.2, -0.15) is 0 Å². The fourth-order valence-electron chi connectivity index (χ4n) is 1.50. The second-order valence-electron chi connectivity index (χ2n) is 3.39. The lowest BCUT2D eigenvalue weighted by atomic mass is 10.1. The molecule has 0 saturated heterocycles. The number of fused-ring (bicyclic) bond motifs is 1. The maximum atomic E-state index is 11.0. The number of hydrogen-bond donors (Lipinski definition) is 3. The van der Waals surface area contributed by atoms with E-state index in [1.165, 1.54) is 12.1 Å². The number of rotatable bonds is 3. The summed E-state index contributed by atoms with van der Waals surface area (Å²) in [7, 11) is 1.70. The Bertz CT molecular complexity index is 559. The maximum absolute atomic E-state index is 11.0. The number of phenolic OH excluding ortho intramolecular Hbond substituents is 1. The number of phenols is 1. The Balaban J connectivity index is 2.52. The lowest BCUT2D eigenvalue weighted by molar-refractivity contribution is 0.174. The van der Waals surface area contributed by atoms with Gasteiger partial charge in [0.1, 0.15) is 11.3 Å². The highest BCUT2D eigenvalue weighted by Crippen LogP contribution is 2.30. The molecule has 0 aliphatic heterocycles. The van der Waals surface area contributed by atoms with Crippen molar-refractivity contribution in [1.82, 2.24) is 5.32 Å². The van der Waals surface area contributed by atoms with Crippen molar-refractivity contribution in [3.8, 4) is 5.75 Å². The largest absolute Gasteiger partial charge is 0.508 e. The van der Waals surface area contributed by atoms with Crippen LogP contribution in [0.5, 0.6) is 5.75 Å². The molecule has 6 heteroatoms. The van der Waals surface area contributed by atoms with Crippen molar-refractivity contribution < 1.29 is 14.6 Å². The topological polar surface area (TPSA) is 82.7 Å². The molecule has 3 N–H and O–H groups in total. The zero-order valence-corrected chi connectivity index (χ0v) is 9.37. The molecule has 0 spiro atoms. The SMILES string of the molecule is CNCC(O)c1cc2oc(=O)sc2cc1O. The summed E-state index contributed by atoms with van der Waals surface area (Å²) in [6.45, 7) is 0.313. The number of aromatic hydroxyl groups is 1. The molecule has 0 amide bonds. The van der Waals surface area contributed by atoms with Crippen molar-refractivity contribution in [2.45, 2.75) is 6.10 Å². The van der Waals surface area contributed by atoms with Gasteiger partial charge < -0.3 is 19.9 Å². The first-order valence-corrected chi connectivity index (χ1v) is 5.52.